The summed E-state index contributed by atoms with van der Waals surface area (Å²) in [5, 5.41) is 2.39. The van der Waals surface area contributed by atoms with Crippen LogP contribution in [0.25, 0.3) is 6.08 Å². The van der Waals surface area contributed by atoms with Gasteiger partial charge >= 0.3 is 5.97 Å². The van der Waals surface area contributed by atoms with Gasteiger partial charge in [0.2, 0.25) is 5.91 Å². The lowest BCUT2D eigenvalue weighted by molar-refractivity contribution is -0.127. The second-order valence-corrected chi connectivity index (χ2v) is 10.8. The topological polar surface area (TPSA) is 111 Å². The highest BCUT2D eigenvalue weighted by Crippen LogP contribution is 2.39. The normalized spacial score (nSPS) is 13.8. The Balaban J connectivity index is 1.44. The molecule has 3 aromatic rings. The van der Waals surface area contributed by atoms with Crippen molar-refractivity contribution in [2.75, 3.05) is 25.6 Å². The highest BCUT2D eigenvalue weighted by atomic mass is 35.5. The van der Waals surface area contributed by atoms with E-state index in [-0.39, 0.29) is 39.4 Å². The molecule has 12 heteroatoms. The van der Waals surface area contributed by atoms with Gasteiger partial charge in [0.15, 0.2) is 11.5 Å². The summed E-state index contributed by atoms with van der Waals surface area (Å²) in [5.74, 6) is -1.21. The molecule has 0 saturated carbocycles. The average molecular weight is 630 g/mol. The molecule has 1 heterocycles. The van der Waals surface area contributed by atoms with Crippen LogP contribution in [0.2, 0.25) is 10.0 Å². The number of hydrogen-bond donors (Lipinski definition) is 1. The van der Waals surface area contributed by atoms with Gasteiger partial charge in [0.25, 0.3) is 11.1 Å². The Morgan fingerprint density at radius 1 is 1.02 bits per heavy atom. The Labute approximate surface area is 256 Å². The van der Waals surface area contributed by atoms with E-state index in [9.17, 15) is 19.2 Å². The predicted octanol–water partition coefficient (Wildman–Crippen LogP) is 6.82. The van der Waals surface area contributed by atoms with E-state index in [4.69, 9.17) is 37.4 Å². The summed E-state index contributed by atoms with van der Waals surface area (Å²) in [7, 11) is 1.47. The molecule has 0 bridgehead atoms. The third-order valence-electron chi connectivity index (χ3n) is 5.86. The summed E-state index contributed by atoms with van der Waals surface area (Å²) in [6.07, 6.45) is 2.13. The maximum Gasteiger partial charge on any atom is 0.339 e. The van der Waals surface area contributed by atoms with Crippen molar-refractivity contribution in [2.24, 2.45) is 0 Å². The molecular formula is C30H26Cl2N2O7S. The maximum atomic E-state index is 13.0. The molecule has 0 aliphatic carbocycles. The summed E-state index contributed by atoms with van der Waals surface area (Å²) in [6.45, 7) is 1.83. The van der Waals surface area contributed by atoms with Crippen molar-refractivity contribution in [2.45, 2.75) is 20.0 Å². The number of nitrogens with zero attached hydrogens (tertiary/aromatic N) is 1. The summed E-state index contributed by atoms with van der Waals surface area (Å²) in [4.78, 5) is 51.5. The van der Waals surface area contributed by atoms with Crippen molar-refractivity contribution in [3.63, 3.8) is 0 Å². The zero-order valence-electron chi connectivity index (χ0n) is 22.6. The molecule has 218 valence electrons. The number of methoxy groups -OCH3 is 1. The lowest BCUT2D eigenvalue weighted by Crippen LogP contribution is -2.36. The number of amides is 3. The van der Waals surface area contributed by atoms with E-state index in [1.54, 1.807) is 12.1 Å². The van der Waals surface area contributed by atoms with Crippen molar-refractivity contribution in [3.05, 3.63) is 92.3 Å². The van der Waals surface area contributed by atoms with E-state index in [0.717, 1.165) is 10.5 Å². The number of rotatable bonds is 11. The first-order valence-electron chi connectivity index (χ1n) is 12.8. The van der Waals surface area contributed by atoms with Gasteiger partial charge in [-0.3, -0.25) is 19.3 Å². The fourth-order valence-electron chi connectivity index (χ4n) is 3.86. The molecule has 0 aromatic heterocycles. The molecule has 1 fully saturated rings. The van der Waals surface area contributed by atoms with Crippen LogP contribution in [0.1, 0.15) is 34.8 Å². The Bertz CT molecular complexity index is 1550. The van der Waals surface area contributed by atoms with Gasteiger partial charge in [0, 0.05) is 5.69 Å². The van der Waals surface area contributed by atoms with Crippen LogP contribution in [-0.2, 0) is 20.9 Å². The summed E-state index contributed by atoms with van der Waals surface area (Å²) in [6, 6.07) is 17.1. The summed E-state index contributed by atoms with van der Waals surface area (Å²) >= 11 is 13.3. The van der Waals surface area contributed by atoms with Gasteiger partial charge in [-0.2, -0.15) is 0 Å². The van der Waals surface area contributed by atoms with E-state index in [1.165, 1.54) is 31.4 Å². The standard InChI is InChI=1S/C30H26Cl2N2O7S/c1-3-11-40-29(37)21-15-20(9-10-22(21)31)33-26(35)16-34-28(36)25(42-30(34)38)14-19-12-23(32)27(24(13-19)39-2)41-17-18-7-5-4-6-8-18/h4-10,12-15H,3,11,16-17H2,1-2H3,(H,33,35)/b25-14-. The molecule has 1 N–H and O–H groups in total. The van der Waals surface area contributed by atoms with Gasteiger partial charge in [-0.1, -0.05) is 60.5 Å². The molecule has 4 rings (SSSR count). The molecule has 1 aliphatic heterocycles. The predicted molar refractivity (Wildman–Crippen MR) is 162 cm³/mol. The largest absolute Gasteiger partial charge is 0.493 e. The molecule has 0 radical (unpaired) electrons. The van der Waals surface area contributed by atoms with E-state index in [2.05, 4.69) is 5.32 Å². The first-order valence-corrected chi connectivity index (χ1v) is 14.3. The zero-order chi connectivity index (χ0) is 30.2. The number of benzene rings is 3. The number of carbonyl (C=O) groups excluding carboxylic acids is 4. The highest BCUT2D eigenvalue weighted by Gasteiger charge is 2.36. The number of nitrogens with one attached hydrogen (secondary N) is 1. The van der Waals surface area contributed by atoms with Gasteiger partial charge in [-0.15, -0.1) is 0 Å². The molecule has 0 unspecified atom stereocenters. The number of esters is 1. The van der Waals surface area contributed by atoms with Crippen LogP contribution in [-0.4, -0.2) is 48.2 Å². The van der Waals surface area contributed by atoms with E-state index < -0.39 is 29.6 Å². The number of hydrogen-bond acceptors (Lipinski definition) is 8. The summed E-state index contributed by atoms with van der Waals surface area (Å²) < 4.78 is 16.4. The van der Waals surface area contributed by atoms with Crippen LogP contribution in [0.4, 0.5) is 10.5 Å². The smallest absolute Gasteiger partial charge is 0.339 e. The fourth-order valence-corrected chi connectivity index (χ4v) is 5.16. The first-order chi connectivity index (χ1) is 20.2. The molecule has 3 aromatic carbocycles. The molecule has 42 heavy (non-hydrogen) atoms. The maximum absolute atomic E-state index is 13.0. The second-order valence-electron chi connectivity index (χ2n) is 8.95. The first kappa shape index (κ1) is 31.0. The highest BCUT2D eigenvalue weighted by molar-refractivity contribution is 8.18. The number of halogens is 2. The Morgan fingerprint density at radius 3 is 2.50 bits per heavy atom. The average Bonchev–Trinajstić information content (AvgIpc) is 3.23. The van der Waals surface area contributed by atoms with Crippen molar-refractivity contribution >= 4 is 69.8 Å². The minimum atomic E-state index is -0.640. The van der Waals surface area contributed by atoms with Crippen molar-refractivity contribution in [3.8, 4) is 11.5 Å². The van der Waals surface area contributed by atoms with Gasteiger partial charge in [0.1, 0.15) is 13.2 Å². The van der Waals surface area contributed by atoms with Crippen LogP contribution in [0.3, 0.4) is 0 Å². The van der Waals surface area contributed by atoms with E-state index in [1.807, 2.05) is 37.3 Å². The molecule has 9 nitrogen and oxygen atoms in total. The van der Waals surface area contributed by atoms with Crippen LogP contribution >= 0.6 is 35.0 Å². The minimum absolute atomic E-state index is 0.0857. The molecule has 1 saturated heterocycles. The monoisotopic (exact) mass is 628 g/mol. The van der Waals surface area contributed by atoms with Crippen molar-refractivity contribution in [1.29, 1.82) is 0 Å². The number of imide groups is 1. The van der Waals surface area contributed by atoms with Crippen LogP contribution < -0.4 is 14.8 Å². The molecule has 0 spiro atoms. The zero-order valence-corrected chi connectivity index (χ0v) is 25.0. The lowest BCUT2D eigenvalue weighted by Gasteiger charge is -2.14. The van der Waals surface area contributed by atoms with E-state index in [0.29, 0.717) is 35.2 Å². The van der Waals surface area contributed by atoms with E-state index >= 15 is 0 Å². The SMILES string of the molecule is CCCOC(=O)c1cc(NC(=O)CN2C(=O)S/C(=C\c3cc(Cl)c(OCc4ccccc4)c(OC)c3)C2=O)ccc1Cl. The quantitative estimate of drug-likeness (QED) is 0.182. The van der Waals surface area contributed by atoms with Gasteiger partial charge in [-0.25, -0.2) is 4.79 Å². The second kappa shape index (κ2) is 14.3. The van der Waals surface area contributed by atoms with Crippen LogP contribution in [0.5, 0.6) is 11.5 Å². The molecular weight excluding hydrogens is 603 g/mol. The number of carbonyl (C=O) groups is 4. The van der Waals surface area contributed by atoms with Gasteiger partial charge in [0.05, 0.1) is 34.2 Å². The third-order valence-corrected chi connectivity index (χ3v) is 7.38. The van der Waals surface area contributed by atoms with Crippen molar-refractivity contribution < 1.29 is 33.4 Å². The fraction of sp³-hybridized carbons (Fsp3) is 0.200. The Morgan fingerprint density at radius 2 is 1.79 bits per heavy atom. The Kier molecular flexibility index (Phi) is 10.5. The van der Waals surface area contributed by atoms with Crippen LogP contribution in [0.15, 0.2) is 65.6 Å². The number of thioether (sulfide) groups is 1. The van der Waals surface area contributed by atoms with Crippen LogP contribution in [0, 0.1) is 0 Å². The minimum Gasteiger partial charge on any atom is -0.493 e. The third kappa shape index (κ3) is 7.64. The number of ether oxygens (including phenoxy) is 3. The van der Waals surface area contributed by atoms with Gasteiger partial charge < -0.3 is 19.5 Å². The van der Waals surface area contributed by atoms with Gasteiger partial charge in [-0.05, 0) is 65.7 Å². The number of anilines is 1. The Hall–Kier alpha value is -3.99. The molecule has 3 amide bonds. The van der Waals surface area contributed by atoms with Crippen molar-refractivity contribution in [1.82, 2.24) is 4.90 Å². The lowest BCUT2D eigenvalue weighted by atomic mass is 10.1. The molecule has 1 aliphatic rings. The summed E-state index contributed by atoms with van der Waals surface area (Å²) in [5.41, 5.74) is 1.79. The molecule has 0 atom stereocenters.